The van der Waals surface area contributed by atoms with E-state index in [1.54, 1.807) is 19.5 Å². The van der Waals surface area contributed by atoms with Crippen molar-refractivity contribution >= 4 is 38.7 Å². The number of thiazole rings is 1. The molecule has 3 fully saturated rings. The average molecular weight is 597 g/mol. The van der Waals surface area contributed by atoms with Crippen molar-refractivity contribution in [3.63, 3.8) is 0 Å². The number of nitrogens with zero attached hydrogens (tertiary/aromatic N) is 5. The summed E-state index contributed by atoms with van der Waals surface area (Å²) in [6, 6.07) is 4.24. The van der Waals surface area contributed by atoms with Crippen molar-refractivity contribution < 1.29 is 29.3 Å². The van der Waals surface area contributed by atoms with Crippen LogP contribution in [0.25, 0.3) is 21.3 Å². The Morgan fingerprint density at radius 1 is 1.17 bits per heavy atom. The van der Waals surface area contributed by atoms with Crippen LogP contribution in [-0.4, -0.2) is 98.0 Å². The molecule has 3 N–H and O–H groups in total. The van der Waals surface area contributed by atoms with E-state index in [-0.39, 0.29) is 30.6 Å². The van der Waals surface area contributed by atoms with Gasteiger partial charge in [-0.25, -0.2) is 19.7 Å². The molecule has 1 aliphatic heterocycles. The summed E-state index contributed by atoms with van der Waals surface area (Å²) in [6.07, 6.45) is 6.11. The van der Waals surface area contributed by atoms with Crippen LogP contribution in [0.1, 0.15) is 44.9 Å². The Balaban J connectivity index is 1.08. The normalized spacial score (nSPS) is 26.3. The predicted molar refractivity (Wildman–Crippen MR) is 157 cm³/mol. The average Bonchev–Trinajstić information content (AvgIpc) is 3.56. The lowest BCUT2D eigenvalue weighted by molar-refractivity contribution is -0.125. The first-order valence-electron chi connectivity index (χ1n) is 14.4. The molecule has 6 rings (SSSR count). The van der Waals surface area contributed by atoms with Crippen LogP contribution in [0.5, 0.6) is 5.75 Å². The summed E-state index contributed by atoms with van der Waals surface area (Å²) in [5, 5.41) is 22.7. The number of hydrogen-bond donors (Lipinski definition) is 3. The molecule has 3 aromatic rings. The molecule has 1 aromatic carbocycles. The molecule has 0 radical (unpaired) electrons. The number of benzene rings is 1. The lowest BCUT2D eigenvalue weighted by Crippen LogP contribution is -2.60. The molecule has 42 heavy (non-hydrogen) atoms. The number of methoxy groups -OCH3 is 1. The number of carboxylic acid groups (broad SMARTS) is 1. The Hall–Kier alpha value is -3.39. The molecule has 3 atom stereocenters. The van der Waals surface area contributed by atoms with E-state index in [4.69, 9.17) is 9.47 Å². The molecule has 12 nitrogen and oxygen atoms in total. The van der Waals surface area contributed by atoms with Gasteiger partial charge in [0.1, 0.15) is 12.4 Å². The molecular formula is C29H36N6O6S. The van der Waals surface area contributed by atoms with Gasteiger partial charge in [0, 0.05) is 61.2 Å². The zero-order valence-electron chi connectivity index (χ0n) is 23.7. The Labute approximate surface area is 247 Å². The number of aliphatic hydroxyl groups is 1. The number of anilines is 1. The van der Waals surface area contributed by atoms with E-state index in [2.05, 4.69) is 25.2 Å². The van der Waals surface area contributed by atoms with E-state index in [9.17, 15) is 19.8 Å². The Morgan fingerprint density at radius 3 is 2.62 bits per heavy atom. The van der Waals surface area contributed by atoms with Gasteiger partial charge in [0.15, 0.2) is 11.0 Å². The number of nitrogens with one attached hydrogen (secondary N) is 1. The highest BCUT2D eigenvalue weighted by Gasteiger charge is 2.41. The van der Waals surface area contributed by atoms with Gasteiger partial charge in [-0.05, 0) is 51.2 Å². The lowest BCUT2D eigenvalue weighted by atomic mass is 9.78. The number of piperazine rings is 1. The number of hydrogen-bond acceptors (Lipinski definition) is 10. The number of carbonyl (C=O) groups is 2. The number of aromatic nitrogens is 3. The highest BCUT2D eigenvalue weighted by molar-refractivity contribution is 7.22. The standard InChI is InChI=1S/C29H36N6O6S/c1-16-14-34(29(38)39)8-9-35(16)19-10-17(11-19)27(37)33-28-32-21-7-6-20(25(40-2)26(21)42-28)18-12-30-24(31-13-18)15-41-23-5-3-4-22(23)36/h6-7,12-13,16-17,19,22-23,36H,3-5,8-11,14-15H2,1-2H3,(H,38,39)(H,32,33,37)/t16?,17?,19?,22-,23-/m0/s1. The maximum Gasteiger partial charge on any atom is 0.407 e. The van der Waals surface area contributed by atoms with Crippen LogP contribution in [0.4, 0.5) is 9.93 Å². The molecule has 1 unspecified atom stereocenters. The minimum atomic E-state index is -0.875. The van der Waals surface area contributed by atoms with Crippen LogP contribution in [0.2, 0.25) is 0 Å². The Bertz CT molecular complexity index is 1440. The fraction of sp³-hybridized carbons (Fsp3) is 0.552. The van der Waals surface area contributed by atoms with Crippen molar-refractivity contribution in [2.24, 2.45) is 5.92 Å². The number of fused-ring (bicyclic) bond motifs is 1. The fourth-order valence-corrected chi connectivity index (χ4v) is 7.26. The Kier molecular flexibility index (Phi) is 8.26. The van der Waals surface area contributed by atoms with Gasteiger partial charge in [-0.1, -0.05) is 11.3 Å². The van der Waals surface area contributed by atoms with Gasteiger partial charge in [0.2, 0.25) is 5.91 Å². The highest BCUT2D eigenvalue weighted by atomic mass is 32.1. The van der Waals surface area contributed by atoms with E-state index in [0.29, 0.717) is 42.4 Å². The molecule has 224 valence electrons. The lowest BCUT2D eigenvalue weighted by Gasteiger charge is -2.48. The van der Waals surface area contributed by atoms with Crippen molar-refractivity contribution in [1.29, 1.82) is 0 Å². The summed E-state index contributed by atoms with van der Waals surface area (Å²) < 4.78 is 12.4. The molecule has 3 aliphatic rings. The number of amides is 2. The molecule has 2 aliphatic carbocycles. The van der Waals surface area contributed by atoms with Gasteiger partial charge in [0.05, 0.1) is 29.5 Å². The molecule has 13 heteroatoms. The van der Waals surface area contributed by atoms with Crippen LogP contribution in [0.3, 0.4) is 0 Å². The van der Waals surface area contributed by atoms with Crippen molar-refractivity contribution in [2.45, 2.75) is 69.9 Å². The van der Waals surface area contributed by atoms with Gasteiger partial charge in [0.25, 0.3) is 0 Å². The zero-order valence-corrected chi connectivity index (χ0v) is 24.5. The minimum absolute atomic E-state index is 0.0438. The van der Waals surface area contributed by atoms with Gasteiger partial charge < -0.3 is 29.9 Å². The van der Waals surface area contributed by atoms with Crippen molar-refractivity contribution in [3.05, 3.63) is 30.4 Å². The monoisotopic (exact) mass is 596 g/mol. The maximum atomic E-state index is 13.0. The molecule has 2 saturated carbocycles. The van der Waals surface area contributed by atoms with Crippen molar-refractivity contribution in [2.75, 3.05) is 32.1 Å². The highest BCUT2D eigenvalue weighted by Crippen LogP contribution is 2.41. The number of carbonyl (C=O) groups excluding carboxylic acids is 1. The first-order chi connectivity index (χ1) is 20.3. The third-order valence-electron chi connectivity index (χ3n) is 8.71. The second-order valence-electron chi connectivity index (χ2n) is 11.4. The van der Waals surface area contributed by atoms with E-state index in [1.165, 1.54) is 16.2 Å². The van der Waals surface area contributed by atoms with Crippen LogP contribution in [-0.2, 0) is 16.1 Å². The predicted octanol–water partition coefficient (Wildman–Crippen LogP) is 3.59. The summed E-state index contributed by atoms with van der Waals surface area (Å²) in [7, 11) is 1.61. The third-order valence-corrected chi connectivity index (χ3v) is 9.69. The maximum absolute atomic E-state index is 13.0. The number of ether oxygens (including phenoxy) is 2. The summed E-state index contributed by atoms with van der Waals surface area (Å²) >= 11 is 1.37. The van der Waals surface area contributed by atoms with Crippen molar-refractivity contribution in [1.82, 2.24) is 24.8 Å². The van der Waals surface area contributed by atoms with Crippen LogP contribution in [0.15, 0.2) is 24.5 Å². The summed E-state index contributed by atoms with van der Waals surface area (Å²) in [5.74, 6) is 1.06. The largest absolute Gasteiger partial charge is 0.495 e. The quantitative estimate of drug-likeness (QED) is 0.352. The molecule has 2 amide bonds. The molecule has 0 spiro atoms. The van der Waals surface area contributed by atoms with E-state index in [1.807, 2.05) is 19.1 Å². The van der Waals surface area contributed by atoms with Crippen molar-refractivity contribution in [3.8, 4) is 16.9 Å². The number of aliphatic hydroxyl groups excluding tert-OH is 1. The summed E-state index contributed by atoms with van der Waals surface area (Å²) in [5.41, 5.74) is 2.34. The molecule has 2 aromatic heterocycles. The van der Waals surface area contributed by atoms with E-state index >= 15 is 0 Å². The summed E-state index contributed by atoms with van der Waals surface area (Å²) in [6.45, 7) is 3.98. The smallest absolute Gasteiger partial charge is 0.407 e. The van der Waals surface area contributed by atoms with Crippen LogP contribution in [0, 0.1) is 5.92 Å². The van der Waals surface area contributed by atoms with E-state index in [0.717, 1.165) is 53.4 Å². The first-order valence-corrected chi connectivity index (χ1v) is 15.2. The second kappa shape index (κ2) is 12.1. The van der Waals surface area contributed by atoms with Gasteiger partial charge in [-0.15, -0.1) is 0 Å². The molecule has 1 saturated heterocycles. The topological polar surface area (TPSA) is 150 Å². The van der Waals surface area contributed by atoms with Crippen LogP contribution < -0.4 is 10.1 Å². The third kappa shape index (κ3) is 5.78. The van der Waals surface area contributed by atoms with Gasteiger partial charge in [-0.2, -0.15) is 0 Å². The molecule has 3 heterocycles. The van der Waals surface area contributed by atoms with Gasteiger partial charge >= 0.3 is 6.09 Å². The minimum Gasteiger partial charge on any atom is -0.495 e. The molecular weight excluding hydrogens is 560 g/mol. The molecule has 0 bridgehead atoms. The second-order valence-corrected chi connectivity index (χ2v) is 12.4. The first kappa shape index (κ1) is 28.7. The van der Waals surface area contributed by atoms with Crippen LogP contribution >= 0.6 is 11.3 Å². The van der Waals surface area contributed by atoms with E-state index < -0.39 is 12.2 Å². The zero-order chi connectivity index (χ0) is 29.4. The summed E-state index contributed by atoms with van der Waals surface area (Å²) in [4.78, 5) is 41.6. The number of rotatable bonds is 8. The fourth-order valence-electron chi connectivity index (χ4n) is 6.27. The Morgan fingerprint density at radius 2 is 1.95 bits per heavy atom. The SMILES string of the molecule is COc1c(-c2cnc(CO[C@H]3CCC[C@@H]3O)nc2)ccc2nc(NC(=O)C3CC(N4CCN(C(=O)O)CC4C)C3)sc12. The van der Waals surface area contributed by atoms with Gasteiger partial charge in [-0.3, -0.25) is 9.69 Å².